The SMILES string of the molecule is CCCCc1ccc(NC2CCN(C(C)=O)CC2)cc1. The van der Waals surface area contributed by atoms with Crippen molar-refractivity contribution in [2.24, 2.45) is 0 Å². The third kappa shape index (κ3) is 4.26. The number of hydrogen-bond acceptors (Lipinski definition) is 2. The molecule has 1 aliphatic heterocycles. The molecule has 3 nitrogen and oxygen atoms in total. The zero-order valence-electron chi connectivity index (χ0n) is 12.7. The van der Waals surface area contributed by atoms with Crippen LogP contribution in [0.1, 0.15) is 45.1 Å². The van der Waals surface area contributed by atoms with Crippen LogP contribution in [0.2, 0.25) is 0 Å². The highest BCUT2D eigenvalue weighted by atomic mass is 16.2. The fourth-order valence-corrected chi connectivity index (χ4v) is 2.72. The van der Waals surface area contributed by atoms with Gasteiger partial charge >= 0.3 is 0 Å². The van der Waals surface area contributed by atoms with Crippen LogP contribution >= 0.6 is 0 Å². The van der Waals surface area contributed by atoms with E-state index in [1.807, 2.05) is 4.90 Å². The van der Waals surface area contributed by atoms with Gasteiger partial charge in [0.1, 0.15) is 0 Å². The third-order valence-corrected chi connectivity index (χ3v) is 4.08. The first-order valence-corrected chi connectivity index (χ1v) is 7.80. The standard InChI is InChI=1S/C17H26N2O/c1-3-4-5-15-6-8-16(9-7-15)18-17-10-12-19(13-11-17)14(2)20/h6-9,17-18H,3-5,10-13H2,1-2H3. The number of hydrogen-bond donors (Lipinski definition) is 1. The summed E-state index contributed by atoms with van der Waals surface area (Å²) in [5.74, 6) is 0.198. The average Bonchev–Trinajstić information content (AvgIpc) is 2.47. The molecule has 1 fully saturated rings. The summed E-state index contributed by atoms with van der Waals surface area (Å²) in [5, 5.41) is 3.59. The lowest BCUT2D eigenvalue weighted by atomic mass is 10.0. The van der Waals surface area contributed by atoms with Crippen LogP contribution in [-0.4, -0.2) is 29.9 Å². The molecular weight excluding hydrogens is 248 g/mol. The lowest BCUT2D eigenvalue weighted by Crippen LogP contribution is -2.41. The first-order valence-electron chi connectivity index (χ1n) is 7.80. The summed E-state index contributed by atoms with van der Waals surface area (Å²) >= 11 is 0. The Balaban J connectivity index is 1.80. The van der Waals surface area contributed by atoms with Crippen LogP contribution in [0, 0.1) is 0 Å². The zero-order chi connectivity index (χ0) is 14.4. The highest BCUT2D eigenvalue weighted by molar-refractivity contribution is 5.73. The summed E-state index contributed by atoms with van der Waals surface area (Å²) < 4.78 is 0. The van der Waals surface area contributed by atoms with Crippen molar-refractivity contribution in [2.75, 3.05) is 18.4 Å². The molecule has 1 heterocycles. The van der Waals surface area contributed by atoms with E-state index in [0.717, 1.165) is 25.9 Å². The smallest absolute Gasteiger partial charge is 0.219 e. The van der Waals surface area contributed by atoms with E-state index < -0.39 is 0 Å². The summed E-state index contributed by atoms with van der Waals surface area (Å²) in [7, 11) is 0. The number of aryl methyl sites for hydroxylation is 1. The van der Waals surface area contributed by atoms with E-state index in [1.54, 1.807) is 6.92 Å². The Labute approximate surface area is 122 Å². The number of unbranched alkanes of at least 4 members (excludes halogenated alkanes) is 1. The summed E-state index contributed by atoms with van der Waals surface area (Å²) in [6, 6.07) is 9.31. The van der Waals surface area contributed by atoms with Crippen molar-refractivity contribution in [2.45, 2.75) is 52.0 Å². The zero-order valence-corrected chi connectivity index (χ0v) is 12.7. The first-order chi connectivity index (χ1) is 9.69. The highest BCUT2D eigenvalue weighted by Gasteiger charge is 2.20. The number of carbonyl (C=O) groups is 1. The number of anilines is 1. The van der Waals surface area contributed by atoms with Crippen LogP contribution < -0.4 is 5.32 Å². The van der Waals surface area contributed by atoms with Gasteiger partial charge in [-0.05, 0) is 43.4 Å². The highest BCUT2D eigenvalue weighted by Crippen LogP contribution is 2.18. The van der Waals surface area contributed by atoms with E-state index in [1.165, 1.54) is 30.5 Å². The van der Waals surface area contributed by atoms with Crippen LogP contribution in [0.3, 0.4) is 0 Å². The second-order valence-corrected chi connectivity index (χ2v) is 5.73. The molecule has 0 bridgehead atoms. The molecule has 0 aliphatic carbocycles. The molecule has 1 N–H and O–H groups in total. The monoisotopic (exact) mass is 274 g/mol. The van der Waals surface area contributed by atoms with E-state index in [0.29, 0.717) is 6.04 Å². The lowest BCUT2D eigenvalue weighted by Gasteiger charge is -2.32. The molecule has 1 saturated heterocycles. The maximum absolute atomic E-state index is 11.3. The molecule has 1 amide bonds. The molecule has 1 aliphatic rings. The maximum Gasteiger partial charge on any atom is 0.219 e. The van der Waals surface area contributed by atoms with Crippen molar-refractivity contribution in [1.82, 2.24) is 4.90 Å². The van der Waals surface area contributed by atoms with Crippen LogP contribution in [0.4, 0.5) is 5.69 Å². The summed E-state index contributed by atoms with van der Waals surface area (Å²) in [4.78, 5) is 13.2. The number of nitrogens with one attached hydrogen (secondary N) is 1. The average molecular weight is 274 g/mol. The lowest BCUT2D eigenvalue weighted by molar-refractivity contribution is -0.129. The molecule has 0 unspecified atom stereocenters. The van der Waals surface area contributed by atoms with Crippen LogP contribution in [0.15, 0.2) is 24.3 Å². The topological polar surface area (TPSA) is 32.3 Å². The van der Waals surface area contributed by atoms with E-state index in [9.17, 15) is 4.79 Å². The predicted molar refractivity (Wildman–Crippen MR) is 84.0 cm³/mol. The number of likely N-dealkylation sites (tertiary alicyclic amines) is 1. The van der Waals surface area contributed by atoms with E-state index >= 15 is 0 Å². The molecule has 1 aromatic carbocycles. The van der Waals surface area contributed by atoms with Gasteiger partial charge in [0, 0.05) is 31.7 Å². The number of piperidine rings is 1. The number of carbonyl (C=O) groups excluding carboxylic acids is 1. The van der Waals surface area contributed by atoms with E-state index in [4.69, 9.17) is 0 Å². The Hall–Kier alpha value is -1.51. The molecule has 110 valence electrons. The van der Waals surface area contributed by atoms with Gasteiger partial charge in [0.25, 0.3) is 0 Å². The predicted octanol–water partition coefficient (Wildman–Crippen LogP) is 3.45. The van der Waals surface area contributed by atoms with Gasteiger partial charge in [-0.2, -0.15) is 0 Å². The first kappa shape index (κ1) is 14.9. The third-order valence-electron chi connectivity index (χ3n) is 4.08. The van der Waals surface area contributed by atoms with Gasteiger partial charge < -0.3 is 10.2 Å². The molecule has 0 saturated carbocycles. The second kappa shape index (κ2) is 7.32. The van der Waals surface area contributed by atoms with Gasteiger partial charge in [-0.1, -0.05) is 25.5 Å². The Bertz CT molecular complexity index is 419. The minimum Gasteiger partial charge on any atom is -0.382 e. The molecular formula is C17H26N2O. The quantitative estimate of drug-likeness (QED) is 0.892. The van der Waals surface area contributed by atoms with Crippen molar-refractivity contribution in [3.63, 3.8) is 0 Å². The molecule has 0 atom stereocenters. The molecule has 0 spiro atoms. The normalized spacial score (nSPS) is 16.2. The van der Waals surface area contributed by atoms with Crippen molar-refractivity contribution in [3.8, 4) is 0 Å². The molecule has 2 rings (SSSR count). The summed E-state index contributed by atoms with van der Waals surface area (Å²) in [5.41, 5.74) is 2.62. The number of nitrogens with zero attached hydrogens (tertiary/aromatic N) is 1. The Morgan fingerprint density at radius 3 is 2.45 bits per heavy atom. The van der Waals surface area contributed by atoms with E-state index in [2.05, 4.69) is 36.5 Å². The summed E-state index contributed by atoms with van der Waals surface area (Å²) in [6.45, 7) is 5.63. The minimum atomic E-state index is 0.198. The Morgan fingerprint density at radius 1 is 1.25 bits per heavy atom. The van der Waals surface area contributed by atoms with Crippen molar-refractivity contribution in [3.05, 3.63) is 29.8 Å². The number of rotatable bonds is 5. The summed E-state index contributed by atoms with van der Waals surface area (Å²) in [6.07, 6.45) is 5.76. The van der Waals surface area contributed by atoms with Gasteiger partial charge in [0.15, 0.2) is 0 Å². The molecule has 0 radical (unpaired) electrons. The van der Waals surface area contributed by atoms with Crippen molar-refractivity contribution in [1.29, 1.82) is 0 Å². The van der Waals surface area contributed by atoms with Crippen molar-refractivity contribution < 1.29 is 4.79 Å². The van der Waals surface area contributed by atoms with E-state index in [-0.39, 0.29) is 5.91 Å². The van der Waals surface area contributed by atoms with Crippen LogP contribution in [0.5, 0.6) is 0 Å². The van der Waals surface area contributed by atoms with Crippen LogP contribution in [-0.2, 0) is 11.2 Å². The largest absolute Gasteiger partial charge is 0.382 e. The second-order valence-electron chi connectivity index (χ2n) is 5.73. The Kier molecular flexibility index (Phi) is 5.45. The van der Waals surface area contributed by atoms with Gasteiger partial charge in [0.2, 0.25) is 5.91 Å². The fourth-order valence-electron chi connectivity index (χ4n) is 2.72. The van der Waals surface area contributed by atoms with Gasteiger partial charge in [0.05, 0.1) is 0 Å². The van der Waals surface area contributed by atoms with Gasteiger partial charge in [-0.3, -0.25) is 4.79 Å². The van der Waals surface area contributed by atoms with Gasteiger partial charge in [-0.15, -0.1) is 0 Å². The van der Waals surface area contributed by atoms with Crippen molar-refractivity contribution >= 4 is 11.6 Å². The molecule has 3 heteroatoms. The minimum absolute atomic E-state index is 0.198. The molecule has 20 heavy (non-hydrogen) atoms. The maximum atomic E-state index is 11.3. The van der Waals surface area contributed by atoms with Crippen LogP contribution in [0.25, 0.3) is 0 Å². The van der Waals surface area contributed by atoms with Gasteiger partial charge in [-0.25, -0.2) is 0 Å². The number of amides is 1. The molecule has 0 aromatic heterocycles. The number of benzene rings is 1. The molecule has 1 aromatic rings. The Morgan fingerprint density at radius 2 is 1.90 bits per heavy atom. The fraction of sp³-hybridized carbons (Fsp3) is 0.588.